The summed E-state index contributed by atoms with van der Waals surface area (Å²) >= 11 is 13.3. The van der Waals surface area contributed by atoms with Gasteiger partial charge in [-0.05, 0) is 36.8 Å². The minimum absolute atomic E-state index is 0.0234. The van der Waals surface area contributed by atoms with Crippen LogP contribution in [0, 0.1) is 11.8 Å². The van der Waals surface area contributed by atoms with Gasteiger partial charge in [0.1, 0.15) is 0 Å². The number of aryl methyl sites for hydroxylation is 1. The van der Waals surface area contributed by atoms with Crippen LogP contribution in [0.2, 0.25) is 8.67 Å². The molecular weight excluding hydrogens is 345 g/mol. The quantitative estimate of drug-likeness (QED) is 0.861. The van der Waals surface area contributed by atoms with Gasteiger partial charge in [-0.3, -0.25) is 9.59 Å². The number of aliphatic carboxylic acids is 1. The molecule has 1 saturated heterocycles. The lowest BCUT2D eigenvalue weighted by atomic mass is 9.90. The molecular formula is C15H19Cl2NO3S. The largest absolute Gasteiger partial charge is 0.481 e. The molecule has 122 valence electrons. The zero-order chi connectivity index (χ0) is 16.3. The van der Waals surface area contributed by atoms with Gasteiger partial charge in [-0.25, -0.2) is 0 Å². The van der Waals surface area contributed by atoms with Crippen molar-refractivity contribution in [1.82, 2.24) is 4.90 Å². The molecule has 2 rings (SSSR count). The highest BCUT2D eigenvalue weighted by molar-refractivity contribution is 7.20. The van der Waals surface area contributed by atoms with Gasteiger partial charge < -0.3 is 10.0 Å². The van der Waals surface area contributed by atoms with Crippen molar-refractivity contribution in [3.63, 3.8) is 0 Å². The first-order valence-electron chi connectivity index (χ1n) is 7.31. The van der Waals surface area contributed by atoms with Gasteiger partial charge >= 0.3 is 5.97 Å². The molecule has 0 spiro atoms. The van der Waals surface area contributed by atoms with Gasteiger partial charge in [-0.1, -0.05) is 30.1 Å². The molecule has 1 amide bonds. The highest BCUT2D eigenvalue weighted by atomic mass is 35.5. The summed E-state index contributed by atoms with van der Waals surface area (Å²) in [5, 5.41) is 9.15. The van der Waals surface area contributed by atoms with Crippen molar-refractivity contribution in [2.45, 2.75) is 32.6 Å². The number of likely N-dealkylation sites (tertiary alicyclic amines) is 1. The van der Waals surface area contributed by atoms with Crippen LogP contribution in [0.3, 0.4) is 0 Å². The minimum atomic E-state index is -0.816. The monoisotopic (exact) mass is 363 g/mol. The highest BCUT2D eigenvalue weighted by Crippen LogP contribution is 2.32. The number of halogens is 2. The van der Waals surface area contributed by atoms with E-state index >= 15 is 0 Å². The topological polar surface area (TPSA) is 57.6 Å². The van der Waals surface area contributed by atoms with Crippen molar-refractivity contribution >= 4 is 46.4 Å². The average molecular weight is 364 g/mol. The van der Waals surface area contributed by atoms with Gasteiger partial charge in [0.15, 0.2) is 0 Å². The number of carboxylic acid groups (broad SMARTS) is 1. The van der Waals surface area contributed by atoms with Crippen molar-refractivity contribution < 1.29 is 14.7 Å². The van der Waals surface area contributed by atoms with Gasteiger partial charge in [0.05, 0.1) is 14.6 Å². The molecule has 1 aliphatic heterocycles. The summed E-state index contributed by atoms with van der Waals surface area (Å²) in [4.78, 5) is 25.1. The van der Waals surface area contributed by atoms with E-state index in [4.69, 9.17) is 28.3 Å². The zero-order valence-electron chi connectivity index (χ0n) is 12.3. The van der Waals surface area contributed by atoms with Crippen LogP contribution in [0.15, 0.2) is 6.07 Å². The number of hydrogen-bond donors (Lipinski definition) is 1. The van der Waals surface area contributed by atoms with Crippen molar-refractivity contribution in [2.24, 2.45) is 11.8 Å². The lowest BCUT2D eigenvalue weighted by Crippen LogP contribution is -2.45. The number of hydrogen-bond acceptors (Lipinski definition) is 3. The van der Waals surface area contributed by atoms with Gasteiger partial charge in [0.25, 0.3) is 0 Å². The Bertz CT molecular complexity index is 561. The molecule has 7 heteroatoms. The summed E-state index contributed by atoms with van der Waals surface area (Å²) in [6, 6.07) is 1.84. The molecule has 2 atom stereocenters. The molecule has 1 aromatic heterocycles. The van der Waals surface area contributed by atoms with Gasteiger partial charge in [-0.15, -0.1) is 11.3 Å². The number of carboxylic acids is 1. The molecule has 0 bridgehead atoms. The van der Waals surface area contributed by atoms with E-state index < -0.39 is 11.9 Å². The predicted octanol–water partition coefficient (Wildman–Crippen LogP) is 3.95. The predicted molar refractivity (Wildman–Crippen MR) is 88.8 cm³/mol. The van der Waals surface area contributed by atoms with Gasteiger partial charge in [-0.2, -0.15) is 0 Å². The summed E-state index contributed by atoms with van der Waals surface area (Å²) in [5.74, 6) is -1.01. The maximum atomic E-state index is 12.3. The van der Waals surface area contributed by atoms with Crippen LogP contribution < -0.4 is 0 Å². The molecule has 1 aliphatic rings. The third-order valence-electron chi connectivity index (χ3n) is 3.93. The van der Waals surface area contributed by atoms with Crippen molar-refractivity contribution in [3.8, 4) is 0 Å². The maximum absolute atomic E-state index is 12.3. The molecule has 22 heavy (non-hydrogen) atoms. The van der Waals surface area contributed by atoms with E-state index in [2.05, 4.69) is 0 Å². The summed E-state index contributed by atoms with van der Waals surface area (Å²) in [7, 11) is 0. The Morgan fingerprint density at radius 3 is 2.73 bits per heavy atom. The van der Waals surface area contributed by atoms with Crippen LogP contribution in [0.1, 0.15) is 31.7 Å². The first kappa shape index (κ1) is 17.6. The van der Waals surface area contributed by atoms with E-state index in [1.807, 2.05) is 13.0 Å². The van der Waals surface area contributed by atoms with Crippen molar-refractivity contribution in [2.75, 3.05) is 13.1 Å². The van der Waals surface area contributed by atoms with E-state index in [-0.39, 0.29) is 11.8 Å². The van der Waals surface area contributed by atoms with Crippen LogP contribution >= 0.6 is 34.5 Å². The fraction of sp³-hybridized carbons (Fsp3) is 0.600. The Morgan fingerprint density at radius 2 is 2.14 bits per heavy atom. The van der Waals surface area contributed by atoms with Crippen LogP contribution in [0.25, 0.3) is 0 Å². The maximum Gasteiger partial charge on any atom is 0.308 e. The summed E-state index contributed by atoms with van der Waals surface area (Å²) in [5.41, 5.74) is 0.972. The molecule has 0 radical (unpaired) electrons. The standard InChI is InChI=1S/C15H19Cl2NO3S/c1-9-5-11(15(20)21)8-18(7-9)13(19)4-2-3-10-6-12(16)22-14(10)17/h6,9,11H,2-5,7-8H2,1H3,(H,20,21). The van der Waals surface area contributed by atoms with Gasteiger partial charge in [0.2, 0.25) is 5.91 Å². The van der Waals surface area contributed by atoms with Crippen LogP contribution in [0.5, 0.6) is 0 Å². The normalized spacial score (nSPS) is 21.9. The molecule has 2 unspecified atom stereocenters. The third-order valence-corrected chi connectivity index (χ3v) is 5.49. The molecule has 1 N–H and O–H groups in total. The Morgan fingerprint density at radius 1 is 1.41 bits per heavy atom. The second-order valence-electron chi connectivity index (χ2n) is 5.88. The number of nitrogens with zero attached hydrogens (tertiary/aromatic N) is 1. The summed E-state index contributed by atoms with van der Waals surface area (Å²) < 4.78 is 1.33. The Kier molecular flexibility index (Phi) is 6.12. The molecule has 4 nitrogen and oxygen atoms in total. The Balaban J connectivity index is 1.84. The molecule has 1 fully saturated rings. The van der Waals surface area contributed by atoms with E-state index in [1.165, 1.54) is 11.3 Å². The van der Waals surface area contributed by atoms with Crippen LogP contribution in [0.4, 0.5) is 0 Å². The fourth-order valence-corrected chi connectivity index (χ4v) is 4.41. The molecule has 1 aromatic rings. The number of carbonyl (C=O) groups is 2. The third kappa shape index (κ3) is 4.61. The smallest absolute Gasteiger partial charge is 0.308 e. The number of rotatable bonds is 5. The highest BCUT2D eigenvalue weighted by Gasteiger charge is 2.31. The minimum Gasteiger partial charge on any atom is -0.481 e. The molecule has 0 saturated carbocycles. The number of amides is 1. The van der Waals surface area contributed by atoms with E-state index in [9.17, 15) is 9.59 Å². The second kappa shape index (κ2) is 7.66. The van der Waals surface area contributed by atoms with Crippen LogP contribution in [-0.2, 0) is 16.0 Å². The Labute approximate surface area is 144 Å². The average Bonchev–Trinajstić information content (AvgIpc) is 2.76. The number of carbonyl (C=O) groups excluding carboxylic acids is 1. The molecule has 2 heterocycles. The van der Waals surface area contributed by atoms with Crippen LogP contribution in [-0.4, -0.2) is 35.0 Å². The second-order valence-corrected chi connectivity index (χ2v) is 8.16. The first-order chi connectivity index (χ1) is 10.4. The lowest BCUT2D eigenvalue weighted by molar-refractivity contribution is -0.146. The fourth-order valence-electron chi connectivity index (χ4n) is 2.87. The number of piperidine rings is 1. The summed E-state index contributed by atoms with van der Waals surface area (Å²) in [6.45, 7) is 2.96. The zero-order valence-corrected chi connectivity index (χ0v) is 14.7. The van der Waals surface area contributed by atoms with E-state index in [0.29, 0.717) is 47.4 Å². The van der Waals surface area contributed by atoms with Crippen molar-refractivity contribution in [1.29, 1.82) is 0 Å². The van der Waals surface area contributed by atoms with Gasteiger partial charge in [0, 0.05) is 19.5 Å². The van der Waals surface area contributed by atoms with E-state index in [1.54, 1.807) is 4.90 Å². The SMILES string of the molecule is CC1CC(C(=O)O)CN(C(=O)CCCc2cc(Cl)sc2Cl)C1. The molecule has 0 aliphatic carbocycles. The lowest BCUT2D eigenvalue weighted by Gasteiger charge is -2.34. The first-order valence-corrected chi connectivity index (χ1v) is 8.88. The molecule has 0 aromatic carbocycles. The summed E-state index contributed by atoms with van der Waals surface area (Å²) in [6.07, 6.45) is 2.44. The Hall–Kier alpha value is -0.780. The van der Waals surface area contributed by atoms with Crippen molar-refractivity contribution in [3.05, 3.63) is 20.3 Å². The number of thiophene rings is 1. The van der Waals surface area contributed by atoms with E-state index in [0.717, 1.165) is 5.56 Å².